The van der Waals surface area contributed by atoms with Crippen LogP contribution in [0.2, 0.25) is 5.02 Å². The average molecular weight is 559 g/mol. The zero-order valence-corrected chi connectivity index (χ0v) is 19.8. The minimum atomic E-state index is -4.47. The van der Waals surface area contributed by atoms with Crippen LogP contribution in [0.1, 0.15) is 23.6 Å². The summed E-state index contributed by atoms with van der Waals surface area (Å²) in [6.45, 7) is 3.49. The maximum Gasteiger partial charge on any atom is 0.417 e. The average Bonchev–Trinajstić information content (AvgIpc) is 3.25. The molecule has 13 heteroatoms. The summed E-state index contributed by atoms with van der Waals surface area (Å²) in [6.07, 6.45) is -2.89. The third-order valence-corrected chi connectivity index (χ3v) is 5.08. The largest absolute Gasteiger partial charge is 0.417 e. The molecule has 1 aliphatic heterocycles. The van der Waals surface area contributed by atoms with E-state index in [0.717, 1.165) is 30.3 Å². The van der Waals surface area contributed by atoms with Gasteiger partial charge in [0, 0.05) is 39.4 Å². The second kappa shape index (κ2) is 9.98. The molecule has 3 heterocycles. The number of rotatable bonds is 4. The van der Waals surface area contributed by atoms with Gasteiger partial charge in [-0.25, -0.2) is 4.98 Å². The Morgan fingerprint density at radius 2 is 2.10 bits per heavy atom. The smallest absolute Gasteiger partial charge is 0.353 e. The summed E-state index contributed by atoms with van der Waals surface area (Å²) in [5.41, 5.74) is -0.858. The van der Waals surface area contributed by atoms with Crippen LogP contribution in [0.4, 0.5) is 19.0 Å². The van der Waals surface area contributed by atoms with Crippen LogP contribution >= 0.6 is 35.6 Å². The number of nitrogens with one attached hydrogen (secondary N) is 2. The van der Waals surface area contributed by atoms with Crippen molar-refractivity contribution < 1.29 is 13.2 Å². The van der Waals surface area contributed by atoms with Crippen molar-refractivity contribution in [3.8, 4) is 0 Å². The number of anilines is 1. The number of halogens is 5. The lowest BCUT2D eigenvalue weighted by Gasteiger charge is -2.21. The maximum atomic E-state index is 12.8. The van der Waals surface area contributed by atoms with Crippen LogP contribution in [0.15, 0.2) is 17.3 Å². The lowest BCUT2D eigenvalue weighted by Crippen LogP contribution is -2.44. The first-order valence-corrected chi connectivity index (χ1v) is 9.36. The van der Waals surface area contributed by atoms with Crippen LogP contribution in [0.3, 0.4) is 0 Å². The Bertz CT molecular complexity index is 902. The second-order valence-electron chi connectivity index (χ2n) is 6.75. The Balaban J connectivity index is 0.00000320. The molecule has 30 heavy (non-hydrogen) atoms. The Kier molecular flexibility index (Phi) is 8.13. The number of nitrogens with zero attached hydrogens (tertiary/aromatic N) is 6. The molecule has 0 bridgehead atoms. The summed E-state index contributed by atoms with van der Waals surface area (Å²) >= 11 is 6.05. The summed E-state index contributed by atoms with van der Waals surface area (Å²) in [5.74, 6) is 2.54. The third-order valence-electron chi connectivity index (χ3n) is 4.80. The number of guanidine groups is 1. The SMILES string of the molecule is CN=C(NCc1nnc(C)n1C)NC1CCN(c2ncc(C(F)(F)F)cc2Cl)C1.I. The predicted octanol–water partition coefficient (Wildman–Crippen LogP) is 2.75. The Hall–Kier alpha value is -1.83. The molecule has 1 fully saturated rings. The molecule has 2 aromatic rings. The van der Waals surface area contributed by atoms with Gasteiger partial charge in [-0.3, -0.25) is 4.99 Å². The van der Waals surface area contributed by atoms with Crippen molar-refractivity contribution in [3.05, 3.63) is 34.5 Å². The molecular weight excluding hydrogens is 536 g/mol. The fraction of sp³-hybridized carbons (Fsp3) is 0.529. The van der Waals surface area contributed by atoms with E-state index in [-0.39, 0.29) is 35.0 Å². The first-order chi connectivity index (χ1) is 13.7. The molecule has 0 aliphatic carbocycles. The van der Waals surface area contributed by atoms with Crippen LogP contribution in [-0.2, 0) is 19.8 Å². The highest BCUT2D eigenvalue weighted by Gasteiger charge is 2.33. The number of aliphatic imine (C=N–C) groups is 1. The number of pyridine rings is 1. The maximum absolute atomic E-state index is 12.8. The summed E-state index contributed by atoms with van der Waals surface area (Å²) in [4.78, 5) is 10.0. The molecule has 1 unspecified atom stereocenters. The van der Waals surface area contributed by atoms with Gasteiger partial charge in [-0.15, -0.1) is 34.2 Å². The van der Waals surface area contributed by atoms with Crippen molar-refractivity contribution in [1.29, 1.82) is 0 Å². The van der Waals surface area contributed by atoms with Gasteiger partial charge >= 0.3 is 6.18 Å². The fourth-order valence-corrected chi connectivity index (χ4v) is 3.33. The molecule has 2 aromatic heterocycles. The minimum Gasteiger partial charge on any atom is -0.353 e. The van der Waals surface area contributed by atoms with Gasteiger partial charge in [0.05, 0.1) is 17.1 Å². The van der Waals surface area contributed by atoms with Crippen molar-refractivity contribution in [2.24, 2.45) is 12.0 Å². The van der Waals surface area contributed by atoms with Gasteiger partial charge in [0.15, 0.2) is 11.8 Å². The van der Waals surface area contributed by atoms with Crippen molar-refractivity contribution in [1.82, 2.24) is 30.4 Å². The Morgan fingerprint density at radius 1 is 1.37 bits per heavy atom. The molecule has 1 atom stereocenters. The number of hydrogen-bond donors (Lipinski definition) is 2. The molecule has 0 aromatic carbocycles. The predicted molar refractivity (Wildman–Crippen MR) is 119 cm³/mol. The molecule has 0 amide bonds. The highest BCUT2D eigenvalue weighted by atomic mass is 127. The van der Waals surface area contributed by atoms with Crippen LogP contribution in [0.5, 0.6) is 0 Å². The number of hydrogen-bond acceptors (Lipinski definition) is 5. The Labute approximate surface area is 194 Å². The normalized spacial score (nSPS) is 17.1. The van der Waals surface area contributed by atoms with Gasteiger partial charge < -0.3 is 20.1 Å². The van der Waals surface area contributed by atoms with E-state index in [1.54, 1.807) is 7.05 Å². The molecule has 1 saturated heterocycles. The summed E-state index contributed by atoms with van der Waals surface area (Å²) < 4.78 is 40.3. The molecule has 166 valence electrons. The molecule has 2 N–H and O–H groups in total. The monoisotopic (exact) mass is 558 g/mol. The van der Waals surface area contributed by atoms with E-state index in [1.807, 2.05) is 23.4 Å². The van der Waals surface area contributed by atoms with Gasteiger partial charge in [-0.05, 0) is 19.4 Å². The number of aromatic nitrogens is 4. The van der Waals surface area contributed by atoms with E-state index in [1.165, 1.54) is 0 Å². The lowest BCUT2D eigenvalue weighted by molar-refractivity contribution is -0.137. The fourth-order valence-electron chi connectivity index (χ4n) is 3.04. The van der Waals surface area contributed by atoms with Gasteiger partial charge in [0.1, 0.15) is 11.6 Å². The molecular formula is C17H23ClF3IN8. The van der Waals surface area contributed by atoms with Gasteiger partial charge in [-0.2, -0.15) is 13.2 Å². The van der Waals surface area contributed by atoms with E-state index in [0.29, 0.717) is 31.4 Å². The van der Waals surface area contributed by atoms with E-state index in [2.05, 4.69) is 30.8 Å². The third kappa shape index (κ3) is 5.65. The lowest BCUT2D eigenvalue weighted by atomic mass is 10.2. The van der Waals surface area contributed by atoms with E-state index < -0.39 is 11.7 Å². The topological polar surface area (TPSA) is 83.3 Å². The van der Waals surface area contributed by atoms with Crippen LogP contribution in [-0.4, -0.2) is 51.9 Å². The standard InChI is InChI=1S/C17H22ClF3N8.HI/c1-10-26-27-14(28(10)3)8-24-16(22-2)25-12-4-5-29(9-12)15-13(18)6-11(7-23-15)17(19,20)21;/h6-7,12H,4-5,8-9H2,1-3H3,(H2,22,24,25);1H. The molecule has 8 nitrogen and oxygen atoms in total. The van der Waals surface area contributed by atoms with Crippen LogP contribution in [0.25, 0.3) is 0 Å². The Morgan fingerprint density at radius 3 is 2.67 bits per heavy atom. The minimum absolute atomic E-state index is 0. The molecule has 1 aliphatic rings. The van der Waals surface area contributed by atoms with Gasteiger partial charge in [-0.1, -0.05) is 11.6 Å². The van der Waals surface area contributed by atoms with E-state index in [9.17, 15) is 13.2 Å². The van der Waals surface area contributed by atoms with Gasteiger partial charge in [0.25, 0.3) is 0 Å². The first-order valence-electron chi connectivity index (χ1n) is 8.98. The zero-order chi connectivity index (χ0) is 21.2. The zero-order valence-electron chi connectivity index (χ0n) is 16.7. The summed E-state index contributed by atoms with van der Waals surface area (Å²) in [7, 11) is 3.55. The quantitative estimate of drug-likeness (QED) is 0.341. The number of aryl methyl sites for hydroxylation is 1. The highest BCUT2D eigenvalue weighted by molar-refractivity contribution is 14.0. The van der Waals surface area contributed by atoms with Crippen molar-refractivity contribution in [2.75, 3.05) is 25.0 Å². The van der Waals surface area contributed by atoms with Crippen molar-refractivity contribution in [2.45, 2.75) is 32.1 Å². The number of alkyl halides is 3. The molecule has 3 rings (SSSR count). The molecule has 0 spiro atoms. The second-order valence-corrected chi connectivity index (χ2v) is 7.16. The first kappa shape index (κ1) is 24.4. The molecule has 0 radical (unpaired) electrons. The summed E-state index contributed by atoms with van der Waals surface area (Å²) in [5, 5.41) is 14.6. The molecule has 0 saturated carbocycles. The highest BCUT2D eigenvalue weighted by Crippen LogP contribution is 2.34. The van der Waals surface area contributed by atoms with Crippen molar-refractivity contribution in [3.63, 3.8) is 0 Å². The van der Waals surface area contributed by atoms with Gasteiger partial charge in [0.2, 0.25) is 0 Å². The summed E-state index contributed by atoms with van der Waals surface area (Å²) in [6, 6.07) is 0.955. The van der Waals surface area contributed by atoms with Crippen LogP contribution < -0.4 is 15.5 Å². The van der Waals surface area contributed by atoms with Crippen LogP contribution in [0, 0.1) is 6.92 Å². The van der Waals surface area contributed by atoms with E-state index >= 15 is 0 Å². The van der Waals surface area contributed by atoms with Crippen molar-refractivity contribution >= 4 is 47.4 Å². The van der Waals surface area contributed by atoms with E-state index in [4.69, 9.17) is 11.6 Å².